The topological polar surface area (TPSA) is 61.7 Å². The number of aliphatic hydroxyl groups is 1. The lowest BCUT2D eigenvalue weighted by atomic mass is 9.85. The number of carbonyl (C=O) groups is 1. The van der Waals surface area contributed by atoms with Gasteiger partial charge in [-0.3, -0.25) is 4.79 Å². The monoisotopic (exact) mass is 366 g/mol. The van der Waals surface area contributed by atoms with Gasteiger partial charge in [-0.1, -0.05) is 25.6 Å². The third kappa shape index (κ3) is 3.45. The molecule has 1 amide bonds. The molecule has 1 aliphatic carbocycles. The molecule has 0 aromatic rings. The SMILES string of the molecule is CC(CC1CCCC1(O)C(F)(F)F)NC1=NC(=O)C(C)(C(C)C)S1. The zero-order valence-corrected chi connectivity index (χ0v) is 15.2. The molecule has 8 heteroatoms. The van der Waals surface area contributed by atoms with Gasteiger partial charge < -0.3 is 10.4 Å². The van der Waals surface area contributed by atoms with E-state index in [-0.39, 0.29) is 30.7 Å². The molecule has 1 saturated carbocycles. The van der Waals surface area contributed by atoms with Gasteiger partial charge in [0.1, 0.15) is 4.75 Å². The number of carbonyl (C=O) groups excluding carboxylic acids is 1. The number of nitrogens with zero attached hydrogens (tertiary/aromatic N) is 1. The van der Waals surface area contributed by atoms with Crippen LogP contribution in [0.25, 0.3) is 0 Å². The number of alkyl halides is 3. The van der Waals surface area contributed by atoms with Crippen LogP contribution < -0.4 is 5.32 Å². The van der Waals surface area contributed by atoms with E-state index in [4.69, 9.17) is 0 Å². The highest BCUT2D eigenvalue weighted by Crippen LogP contribution is 2.48. The van der Waals surface area contributed by atoms with Crippen LogP contribution in [0.3, 0.4) is 0 Å². The Labute approximate surface area is 144 Å². The largest absolute Gasteiger partial charge is 0.417 e. The molecule has 0 saturated heterocycles. The van der Waals surface area contributed by atoms with Gasteiger partial charge in [0.2, 0.25) is 0 Å². The molecule has 1 fully saturated rings. The minimum absolute atomic E-state index is 0.0958. The molecule has 1 heterocycles. The predicted octanol–water partition coefficient (Wildman–Crippen LogP) is 3.49. The Balaban J connectivity index is 1.99. The molecule has 0 aromatic carbocycles. The average molecular weight is 366 g/mol. The van der Waals surface area contributed by atoms with Crippen LogP contribution >= 0.6 is 11.8 Å². The summed E-state index contributed by atoms with van der Waals surface area (Å²) in [5.74, 6) is -0.956. The van der Waals surface area contributed by atoms with Gasteiger partial charge in [-0.25, -0.2) is 0 Å². The summed E-state index contributed by atoms with van der Waals surface area (Å²) in [4.78, 5) is 16.1. The van der Waals surface area contributed by atoms with Gasteiger partial charge in [-0.15, -0.1) is 0 Å². The van der Waals surface area contributed by atoms with E-state index in [1.807, 2.05) is 20.8 Å². The standard InChI is InChI=1S/C16H25F3N2O2S/c1-9(2)14(4)12(22)21-13(24-14)20-10(3)8-11-6-5-7-15(11,23)16(17,18)19/h9-11,23H,5-8H2,1-4H3,(H,20,21,22). The average Bonchev–Trinajstić information content (AvgIpc) is 2.92. The number of nitrogens with one attached hydrogen (secondary N) is 1. The summed E-state index contributed by atoms with van der Waals surface area (Å²) in [5.41, 5.74) is -2.60. The number of hydrogen-bond acceptors (Lipinski definition) is 4. The number of amides is 1. The Bertz CT molecular complexity index is 538. The van der Waals surface area contributed by atoms with Crippen LogP contribution in [0.15, 0.2) is 4.99 Å². The molecule has 4 atom stereocenters. The van der Waals surface area contributed by atoms with E-state index in [1.165, 1.54) is 11.8 Å². The Morgan fingerprint density at radius 2 is 2.04 bits per heavy atom. The molecule has 2 N–H and O–H groups in total. The summed E-state index contributed by atoms with van der Waals surface area (Å²) >= 11 is 1.33. The van der Waals surface area contributed by atoms with E-state index in [0.717, 1.165) is 0 Å². The Hall–Kier alpha value is -0.760. The van der Waals surface area contributed by atoms with Crippen LogP contribution in [0.1, 0.15) is 53.4 Å². The van der Waals surface area contributed by atoms with Gasteiger partial charge >= 0.3 is 6.18 Å². The van der Waals surface area contributed by atoms with Crippen molar-refractivity contribution in [2.24, 2.45) is 16.8 Å². The molecular formula is C16H25F3N2O2S. The van der Waals surface area contributed by atoms with Crippen molar-refractivity contribution in [1.29, 1.82) is 0 Å². The van der Waals surface area contributed by atoms with Crippen molar-refractivity contribution in [1.82, 2.24) is 5.32 Å². The van der Waals surface area contributed by atoms with Gasteiger partial charge in [-0.2, -0.15) is 18.2 Å². The van der Waals surface area contributed by atoms with E-state index in [0.29, 0.717) is 18.0 Å². The Morgan fingerprint density at radius 3 is 2.54 bits per heavy atom. The van der Waals surface area contributed by atoms with E-state index < -0.39 is 22.4 Å². The highest BCUT2D eigenvalue weighted by molar-refractivity contribution is 8.16. The maximum absolute atomic E-state index is 13.1. The number of aliphatic imine (C=N–C) groups is 1. The van der Waals surface area contributed by atoms with E-state index in [2.05, 4.69) is 10.3 Å². The first-order chi connectivity index (χ1) is 10.9. The van der Waals surface area contributed by atoms with Crippen LogP contribution in [0.4, 0.5) is 13.2 Å². The number of amidine groups is 1. The predicted molar refractivity (Wildman–Crippen MR) is 88.8 cm³/mol. The van der Waals surface area contributed by atoms with Crippen LogP contribution in [-0.2, 0) is 4.79 Å². The zero-order valence-electron chi connectivity index (χ0n) is 14.4. The number of rotatable bonds is 4. The van der Waals surface area contributed by atoms with E-state index >= 15 is 0 Å². The van der Waals surface area contributed by atoms with Crippen molar-refractivity contribution in [3.63, 3.8) is 0 Å². The van der Waals surface area contributed by atoms with Crippen LogP contribution in [0.2, 0.25) is 0 Å². The normalized spacial score (nSPS) is 35.5. The van der Waals surface area contributed by atoms with Crippen molar-refractivity contribution in [2.45, 2.75) is 75.9 Å². The minimum Gasteiger partial charge on any atom is -0.380 e. The minimum atomic E-state index is -4.61. The molecule has 24 heavy (non-hydrogen) atoms. The Kier molecular flexibility index (Phi) is 5.31. The number of hydrogen-bond donors (Lipinski definition) is 2. The molecule has 1 aliphatic heterocycles. The first-order valence-corrected chi connectivity index (χ1v) is 9.09. The zero-order chi connectivity index (χ0) is 18.3. The maximum Gasteiger partial charge on any atom is 0.417 e. The lowest BCUT2D eigenvalue weighted by Crippen LogP contribution is -2.49. The van der Waals surface area contributed by atoms with E-state index in [1.54, 1.807) is 6.92 Å². The fourth-order valence-electron chi connectivity index (χ4n) is 3.34. The van der Waals surface area contributed by atoms with Crippen molar-refractivity contribution in [3.8, 4) is 0 Å². The van der Waals surface area contributed by atoms with Gasteiger partial charge in [0, 0.05) is 6.04 Å². The summed E-state index contributed by atoms with van der Waals surface area (Å²) < 4.78 is 38.8. The van der Waals surface area contributed by atoms with Crippen LogP contribution in [-0.4, -0.2) is 38.7 Å². The Morgan fingerprint density at radius 1 is 1.42 bits per heavy atom. The molecule has 0 bridgehead atoms. The second-order valence-electron chi connectivity index (χ2n) is 7.38. The summed E-state index contributed by atoms with van der Waals surface area (Å²) in [6.45, 7) is 7.46. The second-order valence-corrected chi connectivity index (χ2v) is 8.82. The van der Waals surface area contributed by atoms with Gasteiger partial charge in [-0.05, 0) is 51.4 Å². The van der Waals surface area contributed by atoms with E-state index in [9.17, 15) is 23.1 Å². The molecular weight excluding hydrogens is 341 g/mol. The highest BCUT2D eigenvalue weighted by Gasteiger charge is 2.60. The smallest absolute Gasteiger partial charge is 0.380 e. The van der Waals surface area contributed by atoms with Gasteiger partial charge in [0.05, 0.1) is 0 Å². The summed E-state index contributed by atoms with van der Waals surface area (Å²) in [7, 11) is 0. The molecule has 138 valence electrons. The molecule has 0 radical (unpaired) electrons. The summed E-state index contributed by atoms with van der Waals surface area (Å²) in [5, 5.41) is 13.6. The highest BCUT2D eigenvalue weighted by atomic mass is 32.2. The number of thioether (sulfide) groups is 1. The van der Waals surface area contributed by atoms with Crippen molar-refractivity contribution >= 4 is 22.8 Å². The fraction of sp³-hybridized carbons (Fsp3) is 0.875. The van der Waals surface area contributed by atoms with Gasteiger partial charge in [0.15, 0.2) is 10.8 Å². The van der Waals surface area contributed by atoms with Crippen LogP contribution in [0.5, 0.6) is 0 Å². The summed E-state index contributed by atoms with van der Waals surface area (Å²) in [6, 6.07) is -0.310. The maximum atomic E-state index is 13.1. The molecule has 2 aliphatic rings. The van der Waals surface area contributed by atoms with Crippen molar-refractivity contribution < 1.29 is 23.1 Å². The van der Waals surface area contributed by atoms with Crippen LogP contribution in [0, 0.1) is 11.8 Å². The van der Waals surface area contributed by atoms with Gasteiger partial charge in [0.25, 0.3) is 5.91 Å². The van der Waals surface area contributed by atoms with Crippen molar-refractivity contribution in [3.05, 3.63) is 0 Å². The third-order valence-electron chi connectivity index (χ3n) is 5.32. The molecule has 4 nitrogen and oxygen atoms in total. The first-order valence-electron chi connectivity index (χ1n) is 8.28. The second kappa shape index (κ2) is 6.52. The first kappa shape index (κ1) is 19.6. The molecule has 2 rings (SSSR count). The molecule has 0 spiro atoms. The van der Waals surface area contributed by atoms with Crippen molar-refractivity contribution in [2.75, 3.05) is 0 Å². The quantitative estimate of drug-likeness (QED) is 0.800. The lowest BCUT2D eigenvalue weighted by Gasteiger charge is -2.34. The molecule has 4 unspecified atom stereocenters. The lowest BCUT2D eigenvalue weighted by molar-refractivity contribution is -0.273. The third-order valence-corrected chi connectivity index (χ3v) is 6.80. The number of halogens is 3. The fourth-order valence-corrected chi connectivity index (χ4v) is 4.50. The molecule has 0 aromatic heterocycles. The summed E-state index contributed by atoms with van der Waals surface area (Å²) in [6.07, 6.45) is -3.95.